The fourth-order valence-electron chi connectivity index (χ4n) is 3.05. The summed E-state index contributed by atoms with van der Waals surface area (Å²) in [5.41, 5.74) is 3.03. The second-order valence-corrected chi connectivity index (χ2v) is 8.12. The van der Waals surface area contributed by atoms with E-state index in [-0.39, 0.29) is 11.8 Å². The molecular formula is C23H26N3O3S+. The molecule has 0 fully saturated rings. The number of quaternary nitrogens is 1. The number of hydrogen-bond donors (Lipinski definition) is 3. The highest BCUT2D eigenvalue weighted by molar-refractivity contribution is 7.10. The molecule has 0 aliphatic heterocycles. The van der Waals surface area contributed by atoms with Crippen molar-refractivity contribution >= 4 is 34.5 Å². The van der Waals surface area contributed by atoms with Gasteiger partial charge >= 0.3 is 0 Å². The maximum absolute atomic E-state index is 12.5. The smallest absolute Gasteiger partial charge is 0.279 e. The zero-order valence-electron chi connectivity index (χ0n) is 17.3. The summed E-state index contributed by atoms with van der Waals surface area (Å²) >= 11 is 1.72. The number of hydrogen-bond acceptors (Lipinski definition) is 4. The molecule has 1 atom stereocenters. The fourth-order valence-corrected chi connectivity index (χ4v) is 4.07. The summed E-state index contributed by atoms with van der Waals surface area (Å²) in [6.07, 6.45) is 0. The third kappa shape index (κ3) is 5.68. The molecule has 0 radical (unpaired) electrons. The van der Waals surface area contributed by atoms with Crippen LogP contribution in [0.5, 0.6) is 5.75 Å². The molecule has 3 N–H and O–H groups in total. The minimum Gasteiger partial charge on any atom is -0.495 e. The minimum atomic E-state index is -0.243. The van der Waals surface area contributed by atoms with Crippen LogP contribution in [0.2, 0.25) is 0 Å². The first-order valence-corrected chi connectivity index (χ1v) is 10.5. The number of aryl methyl sites for hydroxylation is 1. The van der Waals surface area contributed by atoms with E-state index in [1.165, 1.54) is 10.4 Å². The van der Waals surface area contributed by atoms with Crippen LogP contribution in [0.25, 0.3) is 0 Å². The van der Waals surface area contributed by atoms with Crippen molar-refractivity contribution in [3.05, 3.63) is 76.0 Å². The minimum absolute atomic E-state index is 0.0621. The van der Waals surface area contributed by atoms with Gasteiger partial charge in [-0.05, 0) is 60.3 Å². The number of carbonyl (C=O) groups is 2. The van der Waals surface area contributed by atoms with Gasteiger partial charge in [-0.2, -0.15) is 0 Å². The number of amides is 2. The summed E-state index contributed by atoms with van der Waals surface area (Å²) in [5, 5.41) is 7.80. The molecule has 0 saturated carbocycles. The molecule has 0 saturated heterocycles. The van der Waals surface area contributed by atoms with Gasteiger partial charge in [0.25, 0.3) is 11.8 Å². The number of methoxy groups -OCH3 is 1. The lowest BCUT2D eigenvalue weighted by Crippen LogP contribution is -3.08. The molecule has 1 aromatic heterocycles. The second kappa shape index (κ2) is 10.0. The van der Waals surface area contributed by atoms with Crippen LogP contribution in [-0.4, -0.2) is 32.5 Å². The number of benzene rings is 2. The predicted molar refractivity (Wildman–Crippen MR) is 121 cm³/mol. The highest BCUT2D eigenvalue weighted by atomic mass is 32.1. The van der Waals surface area contributed by atoms with Gasteiger partial charge in [-0.15, -0.1) is 11.3 Å². The van der Waals surface area contributed by atoms with E-state index >= 15 is 0 Å². The van der Waals surface area contributed by atoms with Gasteiger partial charge in [-0.25, -0.2) is 0 Å². The van der Waals surface area contributed by atoms with Crippen molar-refractivity contribution < 1.29 is 19.2 Å². The Morgan fingerprint density at radius 1 is 1.03 bits per heavy atom. The van der Waals surface area contributed by atoms with E-state index in [1.807, 2.05) is 19.2 Å². The molecule has 2 amide bonds. The van der Waals surface area contributed by atoms with E-state index in [0.717, 1.165) is 11.4 Å². The molecule has 3 rings (SSSR count). The van der Waals surface area contributed by atoms with E-state index in [2.05, 4.69) is 29.0 Å². The third-order valence-corrected chi connectivity index (χ3v) is 5.70. The molecule has 156 valence electrons. The van der Waals surface area contributed by atoms with Crippen molar-refractivity contribution in [2.24, 2.45) is 0 Å². The van der Waals surface area contributed by atoms with Crippen LogP contribution in [0.1, 0.15) is 20.8 Å². The average molecular weight is 425 g/mol. The monoisotopic (exact) mass is 424 g/mol. The Morgan fingerprint density at radius 2 is 1.77 bits per heavy atom. The van der Waals surface area contributed by atoms with Gasteiger partial charge in [0.1, 0.15) is 12.3 Å². The Hall–Kier alpha value is -3.16. The number of ether oxygens (including phenoxy) is 1. The number of likely N-dealkylation sites (N-methyl/N-ethyl adjacent to an activating group) is 1. The third-order valence-electron chi connectivity index (χ3n) is 4.68. The van der Waals surface area contributed by atoms with Crippen LogP contribution in [0.4, 0.5) is 11.4 Å². The Kier molecular flexibility index (Phi) is 7.21. The number of nitrogens with one attached hydrogen (secondary N) is 3. The summed E-state index contributed by atoms with van der Waals surface area (Å²) in [4.78, 5) is 27.2. The number of thiophene rings is 1. The Labute approximate surface area is 180 Å². The van der Waals surface area contributed by atoms with Gasteiger partial charge in [0, 0.05) is 11.3 Å². The first-order chi connectivity index (χ1) is 14.5. The SMILES string of the molecule is COc1ccccc1NC(=O)c1ccc(NC(=O)C[NH+](C)Cc2sccc2C)cc1. The van der Waals surface area contributed by atoms with E-state index in [9.17, 15) is 9.59 Å². The van der Waals surface area contributed by atoms with Gasteiger partial charge in [-0.1, -0.05) is 12.1 Å². The molecule has 1 heterocycles. The number of carbonyl (C=O) groups excluding carboxylic acids is 2. The number of para-hydroxylation sites is 2. The summed E-state index contributed by atoms with van der Waals surface area (Å²) in [6, 6.07) is 16.2. The molecule has 6 nitrogen and oxygen atoms in total. The molecule has 30 heavy (non-hydrogen) atoms. The molecule has 7 heteroatoms. The van der Waals surface area contributed by atoms with Crippen LogP contribution < -0.4 is 20.3 Å². The fraction of sp³-hybridized carbons (Fsp3) is 0.217. The zero-order valence-corrected chi connectivity index (χ0v) is 18.1. The standard InChI is InChI=1S/C23H25N3O3S/c1-16-12-13-30-21(16)14-26(2)15-22(27)24-18-10-8-17(9-11-18)23(28)25-19-6-4-5-7-20(19)29-3/h4-13H,14-15H2,1-3H3,(H,24,27)(H,25,28)/p+1. The molecular weight excluding hydrogens is 398 g/mol. The second-order valence-electron chi connectivity index (χ2n) is 7.12. The molecule has 2 aromatic carbocycles. The quantitative estimate of drug-likeness (QED) is 0.521. The summed E-state index contributed by atoms with van der Waals surface area (Å²) in [7, 11) is 3.56. The van der Waals surface area contributed by atoms with Crippen molar-refractivity contribution in [3.8, 4) is 5.75 Å². The molecule has 3 aromatic rings. The van der Waals surface area contributed by atoms with Crippen LogP contribution in [-0.2, 0) is 11.3 Å². The summed E-state index contributed by atoms with van der Waals surface area (Å²) in [6.45, 7) is 3.27. The molecule has 1 unspecified atom stereocenters. The van der Waals surface area contributed by atoms with Crippen molar-refractivity contribution in [2.75, 3.05) is 31.3 Å². The number of rotatable bonds is 8. The largest absolute Gasteiger partial charge is 0.495 e. The van der Waals surface area contributed by atoms with Crippen molar-refractivity contribution in [1.82, 2.24) is 0 Å². The summed E-state index contributed by atoms with van der Waals surface area (Å²) in [5.74, 6) is 0.292. The molecule has 0 aliphatic rings. The topological polar surface area (TPSA) is 71.9 Å². The Balaban J connectivity index is 1.54. The summed E-state index contributed by atoms with van der Waals surface area (Å²) < 4.78 is 5.25. The van der Waals surface area contributed by atoms with E-state index in [4.69, 9.17) is 4.74 Å². The van der Waals surface area contributed by atoms with Crippen LogP contribution in [0.3, 0.4) is 0 Å². The maximum atomic E-state index is 12.5. The van der Waals surface area contributed by atoms with Gasteiger partial charge in [0.2, 0.25) is 0 Å². The highest BCUT2D eigenvalue weighted by Gasteiger charge is 2.14. The van der Waals surface area contributed by atoms with Gasteiger partial charge in [0.05, 0.1) is 24.7 Å². The van der Waals surface area contributed by atoms with E-state index in [0.29, 0.717) is 29.2 Å². The molecule has 0 bridgehead atoms. The van der Waals surface area contributed by atoms with Gasteiger partial charge in [-0.3, -0.25) is 9.59 Å². The first kappa shape index (κ1) is 21.5. The van der Waals surface area contributed by atoms with Crippen LogP contribution >= 0.6 is 11.3 Å². The first-order valence-electron chi connectivity index (χ1n) is 9.65. The number of anilines is 2. The molecule has 0 aliphatic carbocycles. The van der Waals surface area contributed by atoms with E-state index in [1.54, 1.807) is 54.8 Å². The van der Waals surface area contributed by atoms with Crippen molar-refractivity contribution in [3.63, 3.8) is 0 Å². The van der Waals surface area contributed by atoms with Crippen LogP contribution in [0.15, 0.2) is 60.0 Å². The maximum Gasteiger partial charge on any atom is 0.279 e. The zero-order chi connectivity index (χ0) is 21.5. The lowest BCUT2D eigenvalue weighted by molar-refractivity contribution is -0.884. The van der Waals surface area contributed by atoms with Gasteiger partial charge < -0.3 is 20.3 Å². The van der Waals surface area contributed by atoms with Crippen molar-refractivity contribution in [1.29, 1.82) is 0 Å². The van der Waals surface area contributed by atoms with Crippen LogP contribution in [0, 0.1) is 6.92 Å². The lowest BCUT2D eigenvalue weighted by atomic mass is 10.2. The molecule has 0 spiro atoms. The Bertz CT molecular complexity index is 1010. The van der Waals surface area contributed by atoms with Gasteiger partial charge in [0.15, 0.2) is 6.54 Å². The normalized spacial score (nSPS) is 11.6. The lowest BCUT2D eigenvalue weighted by Gasteiger charge is -2.14. The predicted octanol–water partition coefficient (Wildman–Crippen LogP) is 2.97. The van der Waals surface area contributed by atoms with Crippen molar-refractivity contribution in [2.45, 2.75) is 13.5 Å². The van der Waals surface area contributed by atoms with E-state index < -0.39 is 0 Å². The average Bonchev–Trinajstić information content (AvgIpc) is 3.13. The highest BCUT2D eigenvalue weighted by Crippen LogP contribution is 2.23. The Morgan fingerprint density at radius 3 is 2.43 bits per heavy atom.